The predicted molar refractivity (Wildman–Crippen MR) is 84.8 cm³/mol. The number of benzene rings is 2. The Balaban J connectivity index is 0. The van der Waals surface area contributed by atoms with Crippen LogP contribution in [0.3, 0.4) is 0 Å². The maximum atomic E-state index is 10.4. The van der Waals surface area contributed by atoms with Gasteiger partial charge in [-0.05, 0) is 30.3 Å². The zero-order chi connectivity index (χ0) is 14.3. The van der Waals surface area contributed by atoms with Crippen LogP contribution in [0.1, 0.15) is 20.7 Å². The zero-order valence-electron chi connectivity index (χ0n) is 10.4. The van der Waals surface area contributed by atoms with Gasteiger partial charge in [0.05, 0.1) is 11.1 Å². The zero-order valence-corrected chi connectivity index (χ0v) is 11.2. The van der Waals surface area contributed by atoms with Gasteiger partial charge in [-0.1, -0.05) is 24.3 Å². The van der Waals surface area contributed by atoms with Crippen LogP contribution >= 0.6 is 12.6 Å². The summed E-state index contributed by atoms with van der Waals surface area (Å²) in [6.07, 6.45) is 0. The molecule has 0 aliphatic carbocycles. The molecule has 0 spiro atoms. The minimum atomic E-state index is -1.13. The summed E-state index contributed by atoms with van der Waals surface area (Å²) < 4.78 is 0. The molecule has 0 aromatic heterocycles. The molecule has 0 aliphatic rings. The second kappa shape index (κ2) is 11.9. The molecular formula is C14H15KO5S. The van der Waals surface area contributed by atoms with E-state index >= 15 is 0 Å². The Morgan fingerprint density at radius 3 is 1.52 bits per heavy atom. The third-order valence-corrected chi connectivity index (χ3v) is 2.41. The third kappa shape index (κ3) is 9.05. The fourth-order valence-electron chi connectivity index (χ4n) is 1.21. The van der Waals surface area contributed by atoms with Gasteiger partial charge in [-0.2, -0.15) is 0 Å². The first-order chi connectivity index (χ1) is 9.00. The number of carboxylic acids is 2. The van der Waals surface area contributed by atoms with Crippen molar-refractivity contribution in [2.24, 2.45) is 0 Å². The number of carboxylic acid groups (broad SMARTS) is 2. The average molecular weight is 334 g/mol. The Kier molecular flexibility index (Phi) is 12.8. The molecule has 7 heteroatoms. The molecule has 0 saturated carbocycles. The van der Waals surface area contributed by atoms with Crippen LogP contribution in [-0.2, 0) is 0 Å². The van der Waals surface area contributed by atoms with E-state index < -0.39 is 11.9 Å². The van der Waals surface area contributed by atoms with Crippen LogP contribution in [0.5, 0.6) is 0 Å². The molecule has 21 heavy (non-hydrogen) atoms. The summed E-state index contributed by atoms with van der Waals surface area (Å²) in [6.45, 7) is 0. The molecule has 0 atom stereocenters. The van der Waals surface area contributed by atoms with Crippen molar-refractivity contribution in [3.05, 3.63) is 65.7 Å². The molecule has 0 radical (unpaired) electrons. The van der Waals surface area contributed by atoms with Gasteiger partial charge in [-0.3, -0.25) is 0 Å². The summed E-state index contributed by atoms with van der Waals surface area (Å²) in [5.41, 5.74) is -0.0372. The molecule has 0 amide bonds. The minimum absolute atomic E-state index is 0. The predicted octanol–water partition coefficient (Wildman–Crippen LogP) is 1.59. The first kappa shape index (κ1) is 22.6. The van der Waals surface area contributed by atoms with Crippen molar-refractivity contribution in [1.29, 1.82) is 0 Å². The van der Waals surface area contributed by atoms with Crippen LogP contribution in [0.15, 0.2) is 59.5 Å². The molecule has 0 unspecified atom stereocenters. The van der Waals surface area contributed by atoms with E-state index in [1.54, 1.807) is 0 Å². The van der Waals surface area contributed by atoms with Gasteiger partial charge >= 0.3 is 63.3 Å². The van der Waals surface area contributed by atoms with E-state index in [0.29, 0.717) is 0 Å². The van der Waals surface area contributed by atoms with E-state index in [-0.39, 0.29) is 68.0 Å². The number of hydrogen-bond donors (Lipinski definition) is 3. The van der Waals surface area contributed by atoms with E-state index in [4.69, 9.17) is 10.2 Å². The molecule has 0 bridgehead atoms. The Labute approximate surface area is 170 Å². The van der Waals surface area contributed by atoms with E-state index in [2.05, 4.69) is 12.6 Å². The Hall–Kier alpha value is -0.674. The van der Waals surface area contributed by atoms with Crippen molar-refractivity contribution >= 4 is 76.0 Å². The van der Waals surface area contributed by atoms with Crippen molar-refractivity contribution in [2.45, 2.75) is 4.90 Å². The van der Waals surface area contributed by atoms with Crippen LogP contribution in [0.2, 0.25) is 0 Å². The summed E-state index contributed by atoms with van der Waals surface area (Å²) in [5, 5.41) is 17.0. The van der Waals surface area contributed by atoms with Crippen molar-refractivity contribution in [2.75, 3.05) is 0 Å². The number of carbonyl (C=O) groups is 2. The molecule has 4 N–H and O–H groups in total. The van der Waals surface area contributed by atoms with Crippen molar-refractivity contribution in [1.82, 2.24) is 0 Å². The summed E-state index contributed by atoms with van der Waals surface area (Å²) in [7, 11) is 0. The summed E-state index contributed by atoms with van der Waals surface area (Å²) in [6, 6.07) is 15.0. The van der Waals surface area contributed by atoms with Crippen LogP contribution < -0.4 is 0 Å². The number of aromatic carboxylic acids is 2. The Morgan fingerprint density at radius 1 is 0.810 bits per heavy atom. The average Bonchev–Trinajstić information content (AvgIpc) is 2.40. The SMILES string of the molecule is O.O=C(O)c1cccc(C(=O)O)c1.Sc1ccccc1.[KH]. The van der Waals surface area contributed by atoms with Crippen LogP contribution in [0.25, 0.3) is 0 Å². The van der Waals surface area contributed by atoms with Gasteiger partial charge in [0.2, 0.25) is 0 Å². The van der Waals surface area contributed by atoms with E-state index in [0.717, 1.165) is 11.0 Å². The second-order valence-electron chi connectivity index (χ2n) is 3.53. The molecule has 0 fully saturated rings. The van der Waals surface area contributed by atoms with E-state index in [1.165, 1.54) is 18.2 Å². The molecule has 0 saturated heterocycles. The fraction of sp³-hybridized carbons (Fsp3) is 0. The molecule has 2 aromatic carbocycles. The van der Waals surface area contributed by atoms with E-state index in [1.807, 2.05) is 30.3 Å². The Morgan fingerprint density at radius 2 is 1.24 bits per heavy atom. The van der Waals surface area contributed by atoms with Gasteiger partial charge in [0.1, 0.15) is 0 Å². The van der Waals surface area contributed by atoms with Crippen LogP contribution in [0, 0.1) is 0 Å². The number of hydrogen-bond acceptors (Lipinski definition) is 3. The van der Waals surface area contributed by atoms with Crippen molar-refractivity contribution in [3.8, 4) is 0 Å². The molecule has 108 valence electrons. The maximum absolute atomic E-state index is 10.4. The van der Waals surface area contributed by atoms with Crippen molar-refractivity contribution in [3.63, 3.8) is 0 Å². The number of rotatable bonds is 2. The van der Waals surface area contributed by atoms with Gasteiger partial charge in [0.15, 0.2) is 0 Å². The first-order valence-corrected chi connectivity index (χ1v) is 5.76. The van der Waals surface area contributed by atoms with Gasteiger partial charge in [0.25, 0.3) is 0 Å². The third-order valence-electron chi connectivity index (χ3n) is 2.11. The summed E-state index contributed by atoms with van der Waals surface area (Å²) in [5.74, 6) is -2.25. The fourth-order valence-corrected chi connectivity index (χ4v) is 1.39. The van der Waals surface area contributed by atoms with E-state index in [9.17, 15) is 9.59 Å². The molecular weight excluding hydrogens is 319 g/mol. The van der Waals surface area contributed by atoms with Crippen molar-refractivity contribution < 1.29 is 25.3 Å². The van der Waals surface area contributed by atoms with Gasteiger partial charge in [-0.15, -0.1) is 12.6 Å². The second-order valence-corrected chi connectivity index (χ2v) is 4.04. The van der Waals surface area contributed by atoms with Gasteiger partial charge < -0.3 is 15.7 Å². The van der Waals surface area contributed by atoms with Gasteiger partial charge in [-0.25, -0.2) is 9.59 Å². The number of thiol groups is 1. The molecule has 2 rings (SSSR count). The van der Waals surface area contributed by atoms with Gasteiger partial charge in [0, 0.05) is 4.90 Å². The molecule has 0 heterocycles. The standard InChI is InChI=1S/C8H6O4.C6H6S.K.H2O.H/c9-7(10)5-2-1-3-6(4-5)8(11)12;7-6-4-2-1-3-5-6;;;/h1-4H,(H,9,10)(H,11,12);1-5,7H;;1H2;. The molecule has 0 aliphatic heterocycles. The van der Waals surface area contributed by atoms with Crippen LogP contribution in [0.4, 0.5) is 0 Å². The quantitative estimate of drug-likeness (QED) is 0.572. The summed E-state index contributed by atoms with van der Waals surface area (Å²) >= 11 is 4.08. The topological polar surface area (TPSA) is 106 Å². The molecule has 5 nitrogen and oxygen atoms in total. The molecule has 2 aromatic rings. The normalized spacial score (nSPS) is 8.24. The summed E-state index contributed by atoms with van der Waals surface area (Å²) in [4.78, 5) is 21.8. The first-order valence-electron chi connectivity index (χ1n) is 5.31. The Bertz CT molecular complexity index is 545. The van der Waals surface area contributed by atoms with Crippen LogP contribution in [-0.4, -0.2) is 79.0 Å². The monoisotopic (exact) mass is 334 g/mol.